The predicted octanol–water partition coefficient (Wildman–Crippen LogP) is 3.17. The number of amides is 1. The van der Waals surface area contributed by atoms with Crippen LogP contribution < -0.4 is 0 Å². The molecule has 1 unspecified atom stereocenters. The first kappa shape index (κ1) is 22.8. The molecule has 2 aliphatic heterocycles. The van der Waals surface area contributed by atoms with Gasteiger partial charge in [-0.05, 0) is 12.0 Å². The maximum Gasteiger partial charge on any atom is 0.390 e. The summed E-state index contributed by atoms with van der Waals surface area (Å²) in [6, 6.07) is 10.8. The van der Waals surface area contributed by atoms with Crippen LogP contribution in [0.4, 0.5) is 13.2 Å². The van der Waals surface area contributed by atoms with Crippen LogP contribution in [0.15, 0.2) is 30.3 Å². The molecule has 1 aromatic heterocycles. The molecular formula is C23H30F3N5O. The van der Waals surface area contributed by atoms with Crippen LogP contribution in [0.25, 0.3) is 0 Å². The second-order valence-corrected chi connectivity index (χ2v) is 8.95. The number of aromatic nitrogens is 2. The second-order valence-electron chi connectivity index (χ2n) is 8.95. The van der Waals surface area contributed by atoms with E-state index in [0.29, 0.717) is 19.0 Å². The first-order chi connectivity index (χ1) is 15.2. The van der Waals surface area contributed by atoms with Crippen molar-refractivity contribution in [2.75, 3.05) is 33.7 Å². The highest BCUT2D eigenvalue weighted by Gasteiger charge is 2.35. The molecule has 0 aliphatic carbocycles. The molecular weight excluding hydrogens is 419 g/mol. The van der Waals surface area contributed by atoms with Crippen molar-refractivity contribution in [2.45, 2.75) is 51.1 Å². The van der Waals surface area contributed by atoms with Gasteiger partial charge in [-0.1, -0.05) is 30.3 Å². The molecule has 1 atom stereocenters. The van der Waals surface area contributed by atoms with E-state index in [9.17, 15) is 18.0 Å². The molecule has 0 bridgehead atoms. The average Bonchev–Trinajstić information content (AvgIpc) is 3.36. The summed E-state index contributed by atoms with van der Waals surface area (Å²) in [7, 11) is 3.28. The van der Waals surface area contributed by atoms with Crippen molar-refractivity contribution in [3.8, 4) is 0 Å². The average molecular weight is 450 g/mol. The lowest BCUT2D eigenvalue weighted by atomic mass is 10.0. The van der Waals surface area contributed by atoms with Gasteiger partial charge in [-0.15, -0.1) is 0 Å². The van der Waals surface area contributed by atoms with Crippen molar-refractivity contribution in [3.63, 3.8) is 0 Å². The monoisotopic (exact) mass is 449 g/mol. The quantitative estimate of drug-likeness (QED) is 0.680. The fourth-order valence-corrected chi connectivity index (χ4v) is 4.72. The molecule has 6 nitrogen and oxygen atoms in total. The van der Waals surface area contributed by atoms with Gasteiger partial charge in [0.2, 0.25) is 0 Å². The number of hydrogen-bond donors (Lipinski definition) is 0. The minimum Gasteiger partial charge on any atom is -0.343 e. The van der Waals surface area contributed by atoms with Gasteiger partial charge in [0, 0.05) is 77.1 Å². The highest BCUT2D eigenvalue weighted by atomic mass is 19.4. The molecule has 9 heteroatoms. The summed E-state index contributed by atoms with van der Waals surface area (Å²) in [6.45, 7) is 3.95. The summed E-state index contributed by atoms with van der Waals surface area (Å²) in [6.07, 6.45) is -3.55. The fraction of sp³-hybridized carbons (Fsp3) is 0.565. The van der Waals surface area contributed by atoms with E-state index in [4.69, 9.17) is 0 Å². The molecule has 1 saturated heterocycles. The van der Waals surface area contributed by atoms with E-state index in [2.05, 4.69) is 39.2 Å². The Morgan fingerprint density at radius 2 is 1.94 bits per heavy atom. The molecule has 174 valence electrons. The standard InChI is InChI=1S/C23H30F3N5O/c1-28(2)22(32)21-19-16-30(12-9-20(19)31(27-21)13-10-23(24,25)26)18-8-11-29(15-18)14-17-6-4-3-5-7-17/h3-7,18H,8-16H2,1-2H3. The van der Waals surface area contributed by atoms with E-state index >= 15 is 0 Å². The van der Waals surface area contributed by atoms with Crippen LogP contribution in [0, 0.1) is 0 Å². The highest BCUT2D eigenvalue weighted by molar-refractivity contribution is 5.93. The summed E-state index contributed by atoms with van der Waals surface area (Å²) in [5, 5.41) is 4.34. The first-order valence-corrected chi connectivity index (χ1v) is 11.1. The van der Waals surface area contributed by atoms with E-state index in [-0.39, 0.29) is 18.1 Å². The summed E-state index contributed by atoms with van der Waals surface area (Å²) >= 11 is 0. The SMILES string of the molecule is CN(C)C(=O)c1nn(CCC(F)(F)F)c2c1CN(C1CCN(Cc3ccccc3)C1)CC2. The Balaban J connectivity index is 1.48. The Labute approximate surface area is 186 Å². The molecule has 1 fully saturated rings. The molecule has 2 aliphatic rings. The van der Waals surface area contributed by atoms with Crippen LogP contribution in [0.5, 0.6) is 0 Å². The zero-order valence-corrected chi connectivity index (χ0v) is 18.6. The van der Waals surface area contributed by atoms with Gasteiger partial charge in [-0.25, -0.2) is 0 Å². The minimum atomic E-state index is -4.25. The number of aryl methyl sites for hydroxylation is 1. The normalized spacial score (nSPS) is 19.8. The van der Waals surface area contributed by atoms with Gasteiger partial charge in [0.25, 0.3) is 5.91 Å². The molecule has 0 spiro atoms. The smallest absolute Gasteiger partial charge is 0.343 e. The van der Waals surface area contributed by atoms with Crippen LogP contribution in [0.2, 0.25) is 0 Å². The molecule has 1 amide bonds. The van der Waals surface area contributed by atoms with Gasteiger partial charge < -0.3 is 4.90 Å². The molecule has 3 heterocycles. The second kappa shape index (κ2) is 9.23. The molecule has 0 saturated carbocycles. The Kier molecular flexibility index (Phi) is 6.57. The number of nitrogens with zero attached hydrogens (tertiary/aromatic N) is 5. The van der Waals surface area contributed by atoms with Gasteiger partial charge in [0.1, 0.15) is 0 Å². The van der Waals surface area contributed by atoms with E-state index in [1.165, 1.54) is 15.1 Å². The third-order valence-electron chi connectivity index (χ3n) is 6.39. The number of carbonyl (C=O) groups is 1. The number of alkyl halides is 3. The van der Waals surface area contributed by atoms with Crippen molar-refractivity contribution in [1.82, 2.24) is 24.5 Å². The van der Waals surface area contributed by atoms with Gasteiger partial charge in [-0.3, -0.25) is 19.3 Å². The van der Waals surface area contributed by atoms with E-state index in [1.54, 1.807) is 14.1 Å². The number of benzene rings is 1. The van der Waals surface area contributed by atoms with Gasteiger partial charge in [0.15, 0.2) is 5.69 Å². The summed E-state index contributed by atoms with van der Waals surface area (Å²) in [4.78, 5) is 19.0. The lowest BCUT2D eigenvalue weighted by molar-refractivity contribution is -0.137. The predicted molar refractivity (Wildman–Crippen MR) is 115 cm³/mol. The molecule has 32 heavy (non-hydrogen) atoms. The lowest BCUT2D eigenvalue weighted by Gasteiger charge is -2.33. The number of fused-ring (bicyclic) bond motifs is 1. The van der Waals surface area contributed by atoms with Crippen molar-refractivity contribution >= 4 is 5.91 Å². The zero-order valence-electron chi connectivity index (χ0n) is 18.6. The Morgan fingerprint density at radius 1 is 1.19 bits per heavy atom. The van der Waals surface area contributed by atoms with Gasteiger partial charge >= 0.3 is 6.18 Å². The summed E-state index contributed by atoms with van der Waals surface area (Å²) in [5.41, 5.74) is 3.14. The molecule has 0 N–H and O–H groups in total. The third-order valence-corrected chi connectivity index (χ3v) is 6.39. The summed E-state index contributed by atoms with van der Waals surface area (Å²) in [5.74, 6) is -0.258. The number of likely N-dealkylation sites (tertiary alicyclic amines) is 1. The first-order valence-electron chi connectivity index (χ1n) is 11.1. The van der Waals surface area contributed by atoms with Crippen molar-refractivity contribution < 1.29 is 18.0 Å². The number of carbonyl (C=O) groups excluding carboxylic acids is 1. The summed E-state index contributed by atoms with van der Waals surface area (Å²) < 4.78 is 39.8. The molecule has 1 aromatic carbocycles. The number of rotatable bonds is 6. The van der Waals surface area contributed by atoms with Crippen LogP contribution in [-0.4, -0.2) is 76.3 Å². The van der Waals surface area contributed by atoms with Crippen molar-refractivity contribution in [2.24, 2.45) is 0 Å². The van der Waals surface area contributed by atoms with Crippen LogP contribution in [0.1, 0.15) is 40.2 Å². The molecule has 4 rings (SSSR count). The maximum absolute atomic E-state index is 12.8. The van der Waals surface area contributed by atoms with E-state index in [0.717, 1.165) is 43.9 Å². The van der Waals surface area contributed by atoms with Crippen LogP contribution in [-0.2, 0) is 26.1 Å². The third kappa shape index (κ3) is 5.15. The Morgan fingerprint density at radius 3 is 2.62 bits per heavy atom. The Hall–Kier alpha value is -2.39. The minimum absolute atomic E-state index is 0.249. The Bertz CT molecular complexity index is 941. The molecule has 2 aromatic rings. The highest BCUT2D eigenvalue weighted by Crippen LogP contribution is 2.29. The van der Waals surface area contributed by atoms with Crippen molar-refractivity contribution in [3.05, 3.63) is 52.8 Å². The number of hydrogen-bond acceptors (Lipinski definition) is 4. The fourth-order valence-electron chi connectivity index (χ4n) is 4.72. The maximum atomic E-state index is 12.8. The number of halogens is 3. The van der Waals surface area contributed by atoms with Gasteiger partial charge in [-0.2, -0.15) is 18.3 Å². The lowest BCUT2D eigenvalue weighted by Crippen LogP contribution is -2.41. The van der Waals surface area contributed by atoms with Crippen LogP contribution >= 0.6 is 0 Å². The zero-order chi connectivity index (χ0) is 22.9. The largest absolute Gasteiger partial charge is 0.390 e. The topological polar surface area (TPSA) is 44.6 Å². The molecule has 0 radical (unpaired) electrons. The van der Waals surface area contributed by atoms with Gasteiger partial charge in [0.05, 0.1) is 6.42 Å². The van der Waals surface area contributed by atoms with E-state index in [1.807, 2.05) is 6.07 Å². The van der Waals surface area contributed by atoms with Crippen molar-refractivity contribution in [1.29, 1.82) is 0 Å². The van der Waals surface area contributed by atoms with E-state index < -0.39 is 12.6 Å². The van der Waals surface area contributed by atoms with Crippen LogP contribution in [0.3, 0.4) is 0 Å².